The van der Waals surface area contributed by atoms with Crippen molar-refractivity contribution in [2.45, 2.75) is 18.7 Å². The van der Waals surface area contributed by atoms with Crippen LogP contribution in [-0.2, 0) is 27.9 Å². The van der Waals surface area contributed by atoms with Gasteiger partial charge >= 0.3 is 17.7 Å². The predicted molar refractivity (Wildman–Crippen MR) is 81.3 cm³/mol. The molecule has 0 bridgehead atoms. The third-order valence-corrected chi connectivity index (χ3v) is 5.75. The van der Waals surface area contributed by atoms with Gasteiger partial charge in [-0.2, -0.15) is 8.42 Å². The van der Waals surface area contributed by atoms with Gasteiger partial charge in [-0.3, -0.25) is 4.57 Å². The summed E-state index contributed by atoms with van der Waals surface area (Å²) in [6.45, 7) is 6.67. The summed E-state index contributed by atoms with van der Waals surface area (Å²) in [5.41, 5.74) is -0.577. The molecule has 124 valence electrons. The maximum Gasteiger partial charge on any atom is 0.396 e. The van der Waals surface area contributed by atoms with E-state index < -0.39 is 23.2 Å². The van der Waals surface area contributed by atoms with Crippen molar-refractivity contribution in [3.05, 3.63) is 36.3 Å². The van der Waals surface area contributed by atoms with Crippen LogP contribution in [0.3, 0.4) is 0 Å². The number of hydrogen-bond acceptors (Lipinski definition) is 7. The zero-order valence-corrected chi connectivity index (χ0v) is 14.4. The lowest BCUT2D eigenvalue weighted by atomic mass is 10.3. The second-order valence-corrected chi connectivity index (χ2v) is 7.50. The Hall–Kier alpha value is -1.34. The Kier molecular flexibility index (Phi) is 6.62. The van der Waals surface area contributed by atoms with E-state index in [-0.39, 0.29) is 18.1 Å². The zero-order chi connectivity index (χ0) is 16.8. The van der Waals surface area contributed by atoms with Crippen molar-refractivity contribution in [3.63, 3.8) is 0 Å². The van der Waals surface area contributed by atoms with Crippen molar-refractivity contribution in [2.75, 3.05) is 20.3 Å². The largest absolute Gasteiger partial charge is 0.497 e. The molecule has 9 heteroatoms. The maximum atomic E-state index is 12.4. The van der Waals surface area contributed by atoms with Crippen LogP contribution in [0.1, 0.15) is 13.8 Å². The highest BCUT2D eigenvalue weighted by Gasteiger charge is 2.34. The fourth-order valence-corrected chi connectivity index (χ4v) is 4.00. The van der Waals surface area contributed by atoms with Crippen LogP contribution in [-0.4, -0.2) is 28.7 Å². The minimum Gasteiger partial charge on any atom is -0.497 e. The van der Waals surface area contributed by atoms with Gasteiger partial charge in [-0.25, -0.2) is 0 Å². The maximum absolute atomic E-state index is 12.4. The van der Waals surface area contributed by atoms with Gasteiger partial charge in [-0.05, 0) is 44.7 Å². The lowest BCUT2D eigenvalue weighted by molar-refractivity contribution is 0.214. The minimum absolute atomic E-state index is 0.0578. The summed E-state index contributed by atoms with van der Waals surface area (Å²) in [5, 5.41) is 0. The van der Waals surface area contributed by atoms with E-state index in [4.69, 9.17) is 18.0 Å². The van der Waals surface area contributed by atoms with Crippen LogP contribution < -0.4 is 4.74 Å². The van der Waals surface area contributed by atoms with Gasteiger partial charge in [0.25, 0.3) is 0 Å². The van der Waals surface area contributed by atoms with Crippen LogP contribution in [0.5, 0.6) is 5.75 Å². The molecule has 0 spiro atoms. The molecule has 0 radical (unpaired) electrons. The Balaban J connectivity index is 2.99. The summed E-state index contributed by atoms with van der Waals surface area (Å²) >= 11 is 0. The second-order valence-electron chi connectivity index (χ2n) is 3.94. The van der Waals surface area contributed by atoms with Gasteiger partial charge in [0, 0.05) is 0 Å². The molecule has 0 atom stereocenters. The van der Waals surface area contributed by atoms with E-state index in [0.717, 1.165) is 0 Å². The minimum atomic E-state index is -4.19. The highest BCUT2D eigenvalue weighted by Crippen LogP contribution is 2.56. The first-order chi connectivity index (χ1) is 10.3. The quantitative estimate of drug-likeness (QED) is 0.384. The van der Waals surface area contributed by atoms with E-state index in [1.54, 1.807) is 13.8 Å². The van der Waals surface area contributed by atoms with Crippen LogP contribution in [0.25, 0.3) is 0 Å². The van der Waals surface area contributed by atoms with E-state index in [1.165, 1.54) is 31.4 Å². The topological polar surface area (TPSA) is 88.1 Å². The van der Waals surface area contributed by atoms with Gasteiger partial charge in [0.2, 0.25) is 5.50 Å². The molecule has 0 heterocycles. The lowest BCUT2D eigenvalue weighted by Gasteiger charge is -2.18. The molecule has 22 heavy (non-hydrogen) atoms. The Bertz CT molecular complexity index is 641. The SMILES string of the molecule is C=C(OS(=O)(=O)c1ccc(OC)cc1)P(=O)(OCC)OCC. The van der Waals surface area contributed by atoms with Crippen LogP contribution >= 0.6 is 7.60 Å². The molecule has 0 aliphatic carbocycles. The average Bonchev–Trinajstić information content (AvgIpc) is 2.47. The van der Waals surface area contributed by atoms with Crippen molar-refractivity contribution in [2.24, 2.45) is 0 Å². The molecule has 0 saturated carbocycles. The highest BCUT2D eigenvalue weighted by atomic mass is 32.2. The van der Waals surface area contributed by atoms with Crippen molar-refractivity contribution in [1.29, 1.82) is 0 Å². The summed E-state index contributed by atoms with van der Waals surface area (Å²) in [5.74, 6) is 0.493. The highest BCUT2D eigenvalue weighted by molar-refractivity contribution is 7.87. The molecule has 0 aromatic heterocycles. The Morgan fingerprint density at radius 3 is 2.05 bits per heavy atom. The molecule has 0 aliphatic rings. The second kappa shape index (κ2) is 7.78. The molecule has 0 unspecified atom stereocenters. The van der Waals surface area contributed by atoms with E-state index in [0.29, 0.717) is 5.75 Å². The molecule has 0 fully saturated rings. The zero-order valence-electron chi connectivity index (χ0n) is 12.6. The van der Waals surface area contributed by atoms with Gasteiger partial charge in [0.15, 0.2) is 0 Å². The smallest absolute Gasteiger partial charge is 0.396 e. The molecule has 1 rings (SSSR count). The normalized spacial score (nSPS) is 12.0. The van der Waals surface area contributed by atoms with Crippen LogP contribution in [0.4, 0.5) is 0 Å². The molecule has 0 amide bonds. The molecular weight excluding hydrogens is 331 g/mol. The Labute approximate surface area is 130 Å². The summed E-state index contributed by atoms with van der Waals surface area (Å²) in [6.07, 6.45) is 0. The molecule has 7 nitrogen and oxygen atoms in total. The van der Waals surface area contributed by atoms with Gasteiger partial charge in [-0.15, -0.1) is 0 Å². The summed E-state index contributed by atoms with van der Waals surface area (Å²) in [4.78, 5) is -0.131. The van der Waals surface area contributed by atoms with E-state index in [2.05, 4.69) is 6.58 Å². The monoisotopic (exact) mass is 350 g/mol. The van der Waals surface area contributed by atoms with Crippen molar-refractivity contribution < 1.29 is 31.0 Å². The van der Waals surface area contributed by atoms with Crippen LogP contribution in [0.15, 0.2) is 41.2 Å². The number of ether oxygens (including phenoxy) is 1. The van der Waals surface area contributed by atoms with Crippen LogP contribution in [0, 0.1) is 0 Å². The van der Waals surface area contributed by atoms with Gasteiger partial charge < -0.3 is 18.0 Å². The molecule has 1 aromatic rings. The van der Waals surface area contributed by atoms with Gasteiger partial charge in [0.1, 0.15) is 10.6 Å². The Morgan fingerprint density at radius 1 is 1.14 bits per heavy atom. The first kappa shape index (κ1) is 18.7. The van der Waals surface area contributed by atoms with Crippen LogP contribution in [0.2, 0.25) is 0 Å². The summed E-state index contributed by atoms with van der Waals surface area (Å²) < 4.78 is 56.3. The van der Waals surface area contributed by atoms with Gasteiger partial charge in [0.05, 0.1) is 20.3 Å². The van der Waals surface area contributed by atoms with E-state index >= 15 is 0 Å². The number of methoxy groups -OCH3 is 1. The lowest BCUT2D eigenvalue weighted by Crippen LogP contribution is -2.08. The first-order valence-corrected chi connectivity index (χ1v) is 9.41. The third-order valence-electron chi connectivity index (χ3n) is 2.46. The number of benzene rings is 1. The molecule has 0 saturated heterocycles. The van der Waals surface area contributed by atoms with E-state index in [9.17, 15) is 13.0 Å². The standard InChI is InChI=1S/C13H19O7PS/c1-5-18-21(14,19-6-2)11(3)20-22(15,16)13-9-7-12(17-4)8-10-13/h7-10H,3,5-6H2,1-2,4H3. The summed E-state index contributed by atoms with van der Waals surface area (Å²) in [7, 11) is -6.59. The Morgan fingerprint density at radius 2 is 1.64 bits per heavy atom. The fourth-order valence-electron chi connectivity index (χ4n) is 1.48. The molecule has 0 N–H and O–H groups in total. The van der Waals surface area contributed by atoms with E-state index in [1.807, 2.05) is 0 Å². The number of rotatable bonds is 9. The summed E-state index contributed by atoms with van der Waals surface area (Å²) in [6, 6.07) is 5.52. The predicted octanol–water partition coefficient (Wildman–Crippen LogP) is 3.14. The number of hydrogen-bond donors (Lipinski definition) is 0. The van der Waals surface area contributed by atoms with Gasteiger partial charge in [-0.1, -0.05) is 0 Å². The van der Waals surface area contributed by atoms with Crippen molar-refractivity contribution in [3.8, 4) is 5.75 Å². The fraction of sp³-hybridized carbons (Fsp3) is 0.385. The third kappa shape index (κ3) is 4.58. The molecule has 0 aliphatic heterocycles. The first-order valence-electron chi connectivity index (χ1n) is 6.46. The molecular formula is C13H19O7PS. The molecule has 1 aromatic carbocycles. The van der Waals surface area contributed by atoms with Crippen molar-refractivity contribution >= 4 is 17.7 Å². The van der Waals surface area contributed by atoms with Crippen molar-refractivity contribution in [1.82, 2.24) is 0 Å². The average molecular weight is 350 g/mol.